The number of benzene rings is 2. The third kappa shape index (κ3) is 5.73. The maximum Gasteiger partial charge on any atom is 0.252 e. The number of nitriles is 1. The summed E-state index contributed by atoms with van der Waals surface area (Å²) < 4.78 is 51.8. The number of amides is 1. The van der Waals surface area contributed by atoms with Crippen LogP contribution in [0.2, 0.25) is 0 Å². The van der Waals surface area contributed by atoms with Crippen molar-refractivity contribution in [1.29, 1.82) is 5.26 Å². The van der Waals surface area contributed by atoms with Crippen LogP contribution in [0.4, 0.5) is 8.78 Å². The molecule has 0 aromatic heterocycles. The zero-order valence-corrected chi connectivity index (χ0v) is 20.6. The highest BCUT2D eigenvalue weighted by molar-refractivity contribution is 5.85. The molecule has 1 N–H and O–H groups in total. The highest BCUT2D eigenvalue weighted by Gasteiger charge is 2.57. The largest absolute Gasteiger partial charge is 0.371 e. The van der Waals surface area contributed by atoms with Crippen molar-refractivity contribution in [3.63, 3.8) is 0 Å². The van der Waals surface area contributed by atoms with Gasteiger partial charge >= 0.3 is 0 Å². The van der Waals surface area contributed by atoms with E-state index in [1.54, 1.807) is 38.1 Å². The molecular formula is C27H30F2N2O5. The van der Waals surface area contributed by atoms with Crippen molar-refractivity contribution in [2.24, 2.45) is 0 Å². The highest BCUT2D eigenvalue weighted by Crippen LogP contribution is 2.44. The second-order valence-corrected chi connectivity index (χ2v) is 9.60. The Morgan fingerprint density at radius 3 is 2.47 bits per heavy atom. The average Bonchev–Trinajstić information content (AvgIpc) is 3.17. The standard InChI is InChI=1S/C27H30F2N2O5/c1-4-31-25(32)27(34-16-18-7-5-17(14-30)6-8-18)12-22(24-23(13-27)35-26(2,3)36-24)33-15-19-9-10-20(28)21(29)11-19/h5-11,22-24H,4,12-13,15-16H2,1-3H3,(H,31,32)/t22-,23-,24+,27-/m1/s1. The lowest BCUT2D eigenvalue weighted by molar-refractivity contribution is -0.183. The summed E-state index contributed by atoms with van der Waals surface area (Å²) in [5.41, 5.74) is 0.523. The van der Waals surface area contributed by atoms with Crippen LogP contribution in [0.1, 0.15) is 50.3 Å². The summed E-state index contributed by atoms with van der Waals surface area (Å²) in [6.07, 6.45) is -1.12. The number of hydrogen-bond acceptors (Lipinski definition) is 6. The van der Waals surface area contributed by atoms with Gasteiger partial charge in [-0.3, -0.25) is 4.79 Å². The van der Waals surface area contributed by atoms with Crippen LogP contribution in [0.15, 0.2) is 42.5 Å². The molecule has 192 valence electrons. The van der Waals surface area contributed by atoms with E-state index in [1.165, 1.54) is 6.07 Å². The Bertz CT molecular complexity index is 1130. The van der Waals surface area contributed by atoms with E-state index >= 15 is 0 Å². The zero-order chi connectivity index (χ0) is 25.9. The van der Waals surface area contributed by atoms with Gasteiger partial charge in [0.05, 0.1) is 37.1 Å². The minimum absolute atomic E-state index is 0.00399. The van der Waals surface area contributed by atoms with Gasteiger partial charge in [0, 0.05) is 19.4 Å². The summed E-state index contributed by atoms with van der Waals surface area (Å²) in [6, 6.07) is 12.6. The van der Waals surface area contributed by atoms with Gasteiger partial charge in [-0.05, 0) is 56.2 Å². The lowest BCUT2D eigenvalue weighted by atomic mass is 9.78. The van der Waals surface area contributed by atoms with Crippen LogP contribution in [-0.2, 0) is 37.0 Å². The van der Waals surface area contributed by atoms with Gasteiger partial charge in [-0.2, -0.15) is 5.26 Å². The molecule has 1 heterocycles. The first kappa shape index (κ1) is 26.2. The van der Waals surface area contributed by atoms with Gasteiger partial charge in [0.15, 0.2) is 23.0 Å². The van der Waals surface area contributed by atoms with Crippen LogP contribution in [0, 0.1) is 23.0 Å². The van der Waals surface area contributed by atoms with Crippen molar-refractivity contribution in [2.75, 3.05) is 6.54 Å². The van der Waals surface area contributed by atoms with Gasteiger partial charge in [0.1, 0.15) is 6.10 Å². The molecule has 0 bridgehead atoms. The van der Waals surface area contributed by atoms with Crippen LogP contribution in [0.25, 0.3) is 0 Å². The molecule has 9 heteroatoms. The summed E-state index contributed by atoms with van der Waals surface area (Å²) in [4.78, 5) is 13.4. The van der Waals surface area contributed by atoms with E-state index in [2.05, 4.69) is 11.4 Å². The third-order valence-electron chi connectivity index (χ3n) is 6.45. The zero-order valence-electron chi connectivity index (χ0n) is 20.6. The SMILES string of the molecule is CCNC(=O)[C@@]1(OCc2ccc(C#N)cc2)C[C@@H](OCc2ccc(F)c(F)c2)[C@@H]2OC(C)(C)O[C@@H]2C1. The fourth-order valence-electron chi connectivity index (χ4n) is 4.76. The first-order valence-corrected chi connectivity index (χ1v) is 12.0. The van der Waals surface area contributed by atoms with Gasteiger partial charge in [-0.1, -0.05) is 18.2 Å². The van der Waals surface area contributed by atoms with Gasteiger partial charge < -0.3 is 24.3 Å². The number of rotatable bonds is 8. The number of halogens is 2. The molecule has 0 radical (unpaired) electrons. The molecule has 1 aliphatic heterocycles. The van der Waals surface area contributed by atoms with E-state index in [0.29, 0.717) is 17.7 Å². The Hall–Kier alpha value is -2.90. The van der Waals surface area contributed by atoms with Crippen molar-refractivity contribution in [3.05, 3.63) is 70.8 Å². The van der Waals surface area contributed by atoms with E-state index in [4.69, 9.17) is 24.2 Å². The van der Waals surface area contributed by atoms with Crippen molar-refractivity contribution in [1.82, 2.24) is 5.32 Å². The molecule has 1 aliphatic carbocycles. The molecule has 2 fully saturated rings. The van der Waals surface area contributed by atoms with Crippen LogP contribution in [-0.4, -0.2) is 42.2 Å². The molecule has 1 saturated heterocycles. The van der Waals surface area contributed by atoms with Crippen LogP contribution in [0.5, 0.6) is 0 Å². The number of nitrogens with one attached hydrogen (secondary N) is 1. The first-order chi connectivity index (χ1) is 17.1. The summed E-state index contributed by atoms with van der Waals surface area (Å²) in [7, 11) is 0. The third-order valence-corrected chi connectivity index (χ3v) is 6.45. The van der Waals surface area contributed by atoms with Gasteiger partial charge in [0.2, 0.25) is 0 Å². The molecule has 4 rings (SSSR count). The quantitative estimate of drug-likeness (QED) is 0.586. The van der Waals surface area contributed by atoms with Crippen LogP contribution in [0.3, 0.4) is 0 Å². The minimum Gasteiger partial charge on any atom is -0.371 e. The number of nitrogens with zero attached hydrogens (tertiary/aromatic N) is 1. The predicted molar refractivity (Wildman–Crippen MR) is 125 cm³/mol. The van der Waals surface area contributed by atoms with Gasteiger partial charge in [0.25, 0.3) is 5.91 Å². The molecule has 0 spiro atoms. The molecule has 1 saturated carbocycles. The Morgan fingerprint density at radius 2 is 1.81 bits per heavy atom. The molecule has 4 atom stereocenters. The Balaban J connectivity index is 1.58. The molecular weight excluding hydrogens is 470 g/mol. The average molecular weight is 501 g/mol. The smallest absolute Gasteiger partial charge is 0.252 e. The van der Waals surface area contributed by atoms with Gasteiger partial charge in [-0.25, -0.2) is 8.78 Å². The topological polar surface area (TPSA) is 89.8 Å². The van der Waals surface area contributed by atoms with Crippen LogP contribution >= 0.6 is 0 Å². The summed E-state index contributed by atoms with van der Waals surface area (Å²) in [6.45, 7) is 5.97. The molecule has 1 amide bonds. The van der Waals surface area contributed by atoms with Crippen molar-refractivity contribution < 1.29 is 32.5 Å². The second kappa shape index (κ2) is 10.6. The number of fused-ring (bicyclic) bond motifs is 1. The number of likely N-dealkylation sites (N-methyl/N-ethyl adjacent to an activating group) is 1. The Morgan fingerprint density at radius 1 is 1.08 bits per heavy atom. The lowest BCUT2D eigenvalue weighted by Crippen LogP contribution is -2.60. The number of carbonyl (C=O) groups is 1. The molecule has 2 aromatic carbocycles. The normalized spacial score (nSPS) is 26.7. The maximum atomic E-state index is 13.7. The first-order valence-electron chi connectivity index (χ1n) is 12.0. The molecule has 2 aliphatic rings. The number of hydrogen-bond donors (Lipinski definition) is 1. The Labute approximate surface area is 209 Å². The number of carbonyl (C=O) groups excluding carboxylic acids is 1. The fourth-order valence-corrected chi connectivity index (χ4v) is 4.76. The molecule has 7 nitrogen and oxygen atoms in total. The minimum atomic E-state index is -1.27. The van der Waals surface area contributed by atoms with Gasteiger partial charge in [-0.15, -0.1) is 0 Å². The van der Waals surface area contributed by atoms with E-state index in [9.17, 15) is 13.6 Å². The maximum absolute atomic E-state index is 13.7. The van der Waals surface area contributed by atoms with E-state index < -0.39 is 41.3 Å². The summed E-state index contributed by atoms with van der Waals surface area (Å²) >= 11 is 0. The van der Waals surface area contributed by atoms with Crippen molar-refractivity contribution in [3.8, 4) is 6.07 Å². The summed E-state index contributed by atoms with van der Waals surface area (Å²) in [5, 5.41) is 11.9. The van der Waals surface area contributed by atoms with E-state index in [1.807, 2.05) is 6.92 Å². The van der Waals surface area contributed by atoms with E-state index in [0.717, 1.165) is 17.7 Å². The number of ether oxygens (including phenoxy) is 4. The molecule has 36 heavy (non-hydrogen) atoms. The van der Waals surface area contributed by atoms with E-state index in [-0.39, 0.29) is 32.0 Å². The second-order valence-electron chi connectivity index (χ2n) is 9.60. The lowest BCUT2D eigenvalue weighted by Gasteiger charge is -2.43. The van der Waals surface area contributed by atoms with Crippen LogP contribution < -0.4 is 5.32 Å². The van der Waals surface area contributed by atoms with Crippen molar-refractivity contribution in [2.45, 2.75) is 76.5 Å². The predicted octanol–water partition coefficient (Wildman–Crippen LogP) is 4.13. The fraction of sp³-hybridized carbons (Fsp3) is 0.481. The van der Waals surface area contributed by atoms with Crippen molar-refractivity contribution >= 4 is 5.91 Å². The monoisotopic (exact) mass is 500 g/mol. The highest BCUT2D eigenvalue weighted by atomic mass is 19.2. The molecule has 0 unspecified atom stereocenters. The Kier molecular flexibility index (Phi) is 7.71. The molecule has 2 aromatic rings. The summed E-state index contributed by atoms with van der Waals surface area (Å²) in [5.74, 6) is -3.06.